The minimum absolute atomic E-state index is 0.0275. The number of rotatable bonds is 7. The first kappa shape index (κ1) is 27.0. The molecule has 0 aliphatic carbocycles. The van der Waals surface area contributed by atoms with Crippen molar-refractivity contribution in [3.05, 3.63) is 76.3 Å². The summed E-state index contributed by atoms with van der Waals surface area (Å²) in [7, 11) is 3.06. The summed E-state index contributed by atoms with van der Waals surface area (Å²) in [6.07, 6.45) is 1.62. The summed E-state index contributed by atoms with van der Waals surface area (Å²) in [4.78, 5) is 26.3. The lowest BCUT2D eigenvalue weighted by Gasteiger charge is -2.33. The smallest absolute Gasteiger partial charge is 0.303 e. The van der Waals surface area contributed by atoms with Gasteiger partial charge in [-0.15, -0.1) is 0 Å². The van der Waals surface area contributed by atoms with Crippen molar-refractivity contribution in [1.82, 2.24) is 9.47 Å². The number of likely N-dealkylation sites (tertiary alicyclic amines) is 1. The van der Waals surface area contributed by atoms with E-state index in [2.05, 4.69) is 0 Å². The van der Waals surface area contributed by atoms with Crippen molar-refractivity contribution in [1.29, 1.82) is 0 Å². The average molecular weight is 557 g/mol. The zero-order valence-corrected chi connectivity index (χ0v) is 22.5. The first-order chi connectivity index (χ1) is 18.8. The van der Waals surface area contributed by atoms with Crippen LogP contribution in [0.4, 0.5) is 4.39 Å². The van der Waals surface area contributed by atoms with Gasteiger partial charge in [-0.05, 0) is 49.1 Å². The molecule has 0 radical (unpaired) electrons. The molecule has 0 bridgehead atoms. The van der Waals surface area contributed by atoms with Gasteiger partial charge in [0.25, 0.3) is 0 Å². The van der Waals surface area contributed by atoms with Crippen molar-refractivity contribution in [3.63, 3.8) is 0 Å². The van der Waals surface area contributed by atoms with Crippen LogP contribution in [0.25, 0.3) is 5.69 Å². The number of benzene rings is 2. The van der Waals surface area contributed by atoms with Gasteiger partial charge in [0.2, 0.25) is 5.91 Å². The van der Waals surface area contributed by atoms with Gasteiger partial charge in [-0.25, -0.2) is 4.39 Å². The topological polar surface area (TPSA) is 90.2 Å². The predicted molar refractivity (Wildman–Crippen MR) is 142 cm³/mol. The van der Waals surface area contributed by atoms with E-state index in [0.29, 0.717) is 59.9 Å². The molecule has 1 saturated heterocycles. The maximum Gasteiger partial charge on any atom is 0.303 e. The first-order valence-corrected chi connectivity index (χ1v) is 13.2. The molecule has 39 heavy (non-hydrogen) atoms. The minimum Gasteiger partial charge on any atom is -0.493 e. The minimum atomic E-state index is -0.822. The molecule has 8 nitrogen and oxygen atoms in total. The summed E-state index contributed by atoms with van der Waals surface area (Å²) in [5.74, 6) is -0.458. The molecule has 0 saturated carbocycles. The number of carboxylic acid groups (broad SMARTS) is 1. The molecule has 2 aromatic carbocycles. The summed E-state index contributed by atoms with van der Waals surface area (Å²) in [6.45, 7) is 0.976. The molecule has 0 spiro atoms. The predicted octanol–water partition coefficient (Wildman–Crippen LogP) is 5.55. The number of carbonyl (C=O) groups excluding carboxylic acids is 1. The lowest BCUT2D eigenvalue weighted by molar-refractivity contribution is -0.139. The highest BCUT2D eigenvalue weighted by atomic mass is 35.5. The third-order valence-electron chi connectivity index (χ3n) is 7.50. The van der Waals surface area contributed by atoms with Gasteiger partial charge in [0.1, 0.15) is 18.0 Å². The number of methoxy groups -OCH3 is 2. The number of hydrogen-bond acceptors (Lipinski definition) is 5. The number of carboxylic acids is 1. The van der Waals surface area contributed by atoms with Crippen molar-refractivity contribution in [2.75, 3.05) is 27.3 Å². The lowest BCUT2D eigenvalue weighted by Crippen LogP contribution is -2.39. The third-order valence-corrected chi connectivity index (χ3v) is 7.72. The van der Waals surface area contributed by atoms with Crippen molar-refractivity contribution in [3.8, 4) is 17.2 Å². The molecular weight excluding hydrogens is 527 g/mol. The Morgan fingerprint density at radius 1 is 1.08 bits per heavy atom. The van der Waals surface area contributed by atoms with Crippen molar-refractivity contribution in [2.24, 2.45) is 5.92 Å². The largest absolute Gasteiger partial charge is 0.493 e. The Balaban J connectivity index is 1.52. The number of amides is 1. The van der Waals surface area contributed by atoms with E-state index in [-0.39, 0.29) is 29.7 Å². The van der Waals surface area contributed by atoms with Crippen LogP contribution in [0, 0.1) is 11.7 Å². The van der Waals surface area contributed by atoms with Crippen LogP contribution in [0.2, 0.25) is 5.02 Å². The van der Waals surface area contributed by atoms with E-state index in [0.717, 1.165) is 0 Å². The molecule has 3 aromatic rings. The Morgan fingerprint density at radius 2 is 1.85 bits per heavy atom. The molecule has 1 aromatic heterocycles. The number of nitrogens with zero attached hydrogens (tertiary/aromatic N) is 2. The summed E-state index contributed by atoms with van der Waals surface area (Å²) in [5, 5.41) is 9.32. The number of para-hydroxylation sites is 1. The molecular formula is C29H30ClFN2O6. The quantitative estimate of drug-likeness (QED) is 0.410. The first-order valence-electron chi connectivity index (χ1n) is 12.8. The van der Waals surface area contributed by atoms with Crippen molar-refractivity contribution in [2.45, 2.75) is 37.9 Å². The SMILES string of the molecule is COc1cccc([C@H]2O[C@H](CC(=O)N3CCC(CC(=O)O)CC3)c3cccn3-c3c(F)cc(Cl)cc32)c1OC. The van der Waals surface area contributed by atoms with Crippen LogP contribution in [-0.2, 0) is 14.3 Å². The van der Waals surface area contributed by atoms with E-state index in [1.165, 1.54) is 20.3 Å². The van der Waals surface area contributed by atoms with Gasteiger partial charge in [0.05, 0.1) is 32.0 Å². The molecule has 2 aliphatic heterocycles. The lowest BCUT2D eigenvalue weighted by atomic mass is 9.93. The van der Waals surface area contributed by atoms with Crippen LogP contribution < -0.4 is 9.47 Å². The molecule has 1 fully saturated rings. The molecule has 10 heteroatoms. The second-order valence-corrected chi connectivity index (χ2v) is 10.3. The highest BCUT2D eigenvalue weighted by molar-refractivity contribution is 6.30. The molecule has 1 amide bonds. The second-order valence-electron chi connectivity index (χ2n) is 9.84. The number of ether oxygens (including phenoxy) is 3. The zero-order valence-electron chi connectivity index (χ0n) is 21.7. The second kappa shape index (κ2) is 11.3. The number of aliphatic carboxylic acids is 1. The molecule has 0 unspecified atom stereocenters. The Kier molecular flexibility index (Phi) is 7.81. The maximum atomic E-state index is 15.6. The Bertz CT molecular complexity index is 1380. The highest BCUT2D eigenvalue weighted by Gasteiger charge is 2.36. The van der Waals surface area contributed by atoms with E-state index in [4.69, 9.17) is 30.9 Å². The van der Waals surface area contributed by atoms with E-state index in [1.54, 1.807) is 39.9 Å². The molecule has 206 valence electrons. The summed E-state index contributed by atoms with van der Waals surface area (Å²) < 4.78 is 35.2. The Labute approximate surface area is 230 Å². The third kappa shape index (κ3) is 5.33. The Morgan fingerprint density at radius 3 is 2.54 bits per heavy atom. The van der Waals surface area contributed by atoms with Crippen LogP contribution in [-0.4, -0.2) is 53.8 Å². The van der Waals surface area contributed by atoms with Crippen LogP contribution in [0.1, 0.15) is 54.7 Å². The summed E-state index contributed by atoms with van der Waals surface area (Å²) in [5.41, 5.74) is 2.03. The van der Waals surface area contributed by atoms with Gasteiger partial charge in [-0.3, -0.25) is 9.59 Å². The number of hydrogen-bond donors (Lipinski definition) is 1. The average Bonchev–Trinajstić information content (AvgIpc) is 3.35. The summed E-state index contributed by atoms with van der Waals surface area (Å²) in [6, 6.07) is 11.9. The van der Waals surface area contributed by atoms with Gasteiger partial charge in [-0.1, -0.05) is 23.7 Å². The van der Waals surface area contributed by atoms with E-state index in [9.17, 15) is 9.59 Å². The number of piperidine rings is 1. The maximum absolute atomic E-state index is 15.6. The van der Waals surface area contributed by atoms with Gasteiger partial charge in [0, 0.05) is 41.9 Å². The van der Waals surface area contributed by atoms with Gasteiger partial charge in [0.15, 0.2) is 11.5 Å². The van der Waals surface area contributed by atoms with Gasteiger partial charge in [-0.2, -0.15) is 0 Å². The normalized spacial score (nSPS) is 19.1. The molecule has 5 rings (SSSR count). The Hall–Kier alpha value is -3.56. The van der Waals surface area contributed by atoms with Crippen molar-refractivity contribution >= 4 is 23.5 Å². The fourth-order valence-corrected chi connectivity index (χ4v) is 5.85. The zero-order chi connectivity index (χ0) is 27.7. The highest BCUT2D eigenvalue weighted by Crippen LogP contribution is 2.47. The van der Waals surface area contributed by atoms with E-state index >= 15 is 4.39 Å². The monoisotopic (exact) mass is 556 g/mol. The fourth-order valence-electron chi connectivity index (χ4n) is 5.64. The number of fused-ring (bicyclic) bond motifs is 3. The number of aromatic nitrogens is 1. The van der Waals surface area contributed by atoms with Gasteiger partial charge < -0.3 is 28.8 Å². The van der Waals surface area contributed by atoms with Crippen molar-refractivity contribution < 1.29 is 33.3 Å². The fraction of sp³-hybridized carbons (Fsp3) is 0.379. The number of carbonyl (C=O) groups is 2. The summed E-state index contributed by atoms with van der Waals surface area (Å²) >= 11 is 6.33. The molecule has 3 heterocycles. The molecule has 2 atom stereocenters. The standard InChI is InChI=1S/C29H30ClFN2O6/c1-37-23-7-3-5-19(29(23)38-2)28-20-14-18(30)15-21(31)27(20)33-10-4-6-22(33)24(39-28)16-25(34)32-11-8-17(9-12-32)13-26(35)36/h3-7,10,14-15,17,24,28H,8-9,11-13,16H2,1-2H3,(H,35,36)/t24-,28-/m1/s1. The van der Waals surface area contributed by atoms with Crippen LogP contribution in [0.3, 0.4) is 0 Å². The van der Waals surface area contributed by atoms with E-state index in [1.807, 2.05) is 12.1 Å². The van der Waals surface area contributed by atoms with Crippen LogP contribution in [0.5, 0.6) is 11.5 Å². The van der Waals surface area contributed by atoms with E-state index < -0.39 is 24.0 Å². The van der Waals surface area contributed by atoms with Crippen LogP contribution in [0.15, 0.2) is 48.7 Å². The molecule has 1 N–H and O–H groups in total. The van der Waals surface area contributed by atoms with Gasteiger partial charge >= 0.3 is 5.97 Å². The number of halogens is 2. The molecule has 2 aliphatic rings. The van der Waals surface area contributed by atoms with Crippen LogP contribution >= 0.6 is 11.6 Å².